The molecule has 0 fully saturated rings. The van der Waals surface area contributed by atoms with E-state index in [1.165, 1.54) is 244 Å². The van der Waals surface area contributed by atoms with E-state index in [9.17, 15) is 14.4 Å². The molecule has 0 saturated heterocycles. The van der Waals surface area contributed by atoms with Crippen molar-refractivity contribution in [2.45, 2.75) is 386 Å². The third-order valence-electron chi connectivity index (χ3n) is 16.0. The number of unbranched alkanes of at least 4 members (excludes halogenated alkanes) is 45. The van der Waals surface area contributed by atoms with Crippen LogP contribution in [0.2, 0.25) is 0 Å². The first kappa shape index (κ1) is 78.1. The summed E-state index contributed by atoms with van der Waals surface area (Å²) < 4.78 is 17.0. The Balaban J connectivity index is 4.18. The summed E-state index contributed by atoms with van der Waals surface area (Å²) in [7, 11) is 0. The Kier molecular flexibility index (Phi) is 67.1. The van der Waals surface area contributed by atoms with E-state index in [0.29, 0.717) is 19.3 Å². The fourth-order valence-electron chi connectivity index (χ4n) is 10.7. The van der Waals surface area contributed by atoms with Gasteiger partial charge < -0.3 is 14.2 Å². The van der Waals surface area contributed by atoms with Gasteiger partial charge in [-0.15, -0.1) is 0 Å². The number of rotatable bonds is 66. The van der Waals surface area contributed by atoms with Crippen molar-refractivity contribution >= 4 is 17.9 Å². The van der Waals surface area contributed by atoms with Crippen LogP contribution in [0.1, 0.15) is 380 Å². The molecule has 6 heteroatoms. The van der Waals surface area contributed by atoms with Crippen LogP contribution in [-0.2, 0) is 28.6 Å². The molecule has 81 heavy (non-hydrogen) atoms. The Morgan fingerprint density at radius 1 is 0.259 bits per heavy atom. The van der Waals surface area contributed by atoms with Gasteiger partial charge in [0, 0.05) is 19.3 Å². The van der Waals surface area contributed by atoms with Crippen molar-refractivity contribution < 1.29 is 28.6 Å². The summed E-state index contributed by atoms with van der Waals surface area (Å²) >= 11 is 0. The minimum absolute atomic E-state index is 0.0739. The first-order valence-corrected chi connectivity index (χ1v) is 35.8. The second-order valence-electron chi connectivity index (χ2n) is 24.1. The Hall–Kier alpha value is -2.89. The molecule has 0 aromatic heterocycles. The van der Waals surface area contributed by atoms with E-state index >= 15 is 0 Å². The van der Waals surface area contributed by atoms with Crippen LogP contribution < -0.4 is 0 Å². The van der Waals surface area contributed by atoms with Gasteiger partial charge in [0.1, 0.15) is 13.2 Å². The monoisotopic (exact) mass is 1130 g/mol. The summed E-state index contributed by atoms with van der Waals surface area (Å²) in [5.74, 6) is -0.862. The van der Waals surface area contributed by atoms with Gasteiger partial charge in [0.15, 0.2) is 6.10 Å². The molecule has 0 rings (SSSR count). The number of carbonyl (C=O) groups excluding carboxylic acids is 3. The Morgan fingerprint density at radius 2 is 0.481 bits per heavy atom. The highest BCUT2D eigenvalue weighted by molar-refractivity contribution is 5.71. The largest absolute Gasteiger partial charge is 0.462 e. The highest BCUT2D eigenvalue weighted by Gasteiger charge is 2.19. The van der Waals surface area contributed by atoms with Gasteiger partial charge in [0.25, 0.3) is 0 Å². The number of ether oxygens (including phenoxy) is 3. The predicted molar refractivity (Wildman–Crippen MR) is 353 cm³/mol. The summed E-state index contributed by atoms with van der Waals surface area (Å²) in [6.45, 7) is 6.57. The minimum atomic E-state index is -0.778. The molecule has 1 unspecified atom stereocenters. The standard InChI is InChI=1S/C75H136O6/c1-4-7-10-13-16-19-22-24-26-28-30-32-34-35-36-37-38-39-41-42-44-46-48-50-53-56-59-62-65-68-74(77)80-71-72(70-79-73(76)67-64-61-58-55-52-21-18-15-12-9-6-3)81-75(78)69-66-63-60-57-54-51-49-47-45-43-40-33-31-29-27-25-23-20-17-14-11-8-5-2/h8,11,17,20,25,27,31,33,43,45,72H,4-7,9-10,12-16,18-19,21-24,26,28-30,32,34-42,44,46-71H2,1-3H3/b11-8-,20-17-,27-25-,33-31-,45-43-. The molecule has 0 aliphatic rings. The molecule has 0 N–H and O–H groups in total. The van der Waals surface area contributed by atoms with Crippen LogP contribution in [0, 0.1) is 0 Å². The maximum absolute atomic E-state index is 12.9. The van der Waals surface area contributed by atoms with E-state index in [-0.39, 0.29) is 31.1 Å². The molecular weight excluding hydrogens is 997 g/mol. The first-order valence-electron chi connectivity index (χ1n) is 35.8. The highest BCUT2D eigenvalue weighted by atomic mass is 16.6. The van der Waals surface area contributed by atoms with E-state index < -0.39 is 6.10 Å². The van der Waals surface area contributed by atoms with Gasteiger partial charge in [-0.3, -0.25) is 14.4 Å². The molecule has 1 atom stereocenters. The Morgan fingerprint density at radius 3 is 0.753 bits per heavy atom. The van der Waals surface area contributed by atoms with Crippen molar-refractivity contribution in [3.05, 3.63) is 60.8 Å². The van der Waals surface area contributed by atoms with Crippen molar-refractivity contribution in [2.75, 3.05) is 13.2 Å². The zero-order chi connectivity index (χ0) is 58.5. The van der Waals surface area contributed by atoms with Gasteiger partial charge in [-0.1, -0.05) is 358 Å². The van der Waals surface area contributed by atoms with Crippen LogP contribution in [0.25, 0.3) is 0 Å². The van der Waals surface area contributed by atoms with Gasteiger partial charge in [-0.05, 0) is 64.2 Å². The Labute approximate surface area is 504 Å². The number of hydrogen-bond acceptors (Lipinski definition) is 6. The lowest BCUT2D eigenvalue weighted by atomic mass is 10.0. The van der Waals surface area contributed by atoms with E-state index in [1.54, 1.807) is 0 Å². The van der Waals surface area contributed by atoms with Gasteiger partial charge in [0.05, 0.1) is 0 Å². The zero-order valence-corrected chi connectivity index (χ0v) is 54.3. The first-order chi connectivity index (χ1) is 40.0. The number of esters is 3. The molecule has 0 radical (unpaired) electrons. The molecule has 0 aromatic rings. The molecule has 6 nitrogen and oxygen atoms in total. The fraction of sp³-hybridized carbons (Fsp3) is 0.827. The molecule has 0 spiro atoms. The van der Waals surface area contributed by atoms with Gasteiger partial charge >= 0.3 is 17.9 Å². The molecule has 0 amide bonds. The summed E-state index contributed by atoms with van der Waals surface area (Å²) in [6, 6.07) is 0. The second-order valence-corrected chi connectivity index (χ2v) is 24.1. The minimum Gasteiger partial charge on any atom is -0.462 e. The average molecular weight is 1130 g/mol. The van der Waals surface area contributed by atoms with Crippen LogP contribution in [0.4, 0.5) is 0 Å². The topological polar surface area (TPSA) is 78.9 Å². The Bertz CT molecular complexity index is 1440. The number of allylic oxidation sites excluding steroid dienone is 10. The highest BCUT2D eigenvalue weighted by Crippen LogP contribution is 2.19. The van der Waals surface area contributed by atoms with Crippen LogP contribution in [0.15, 0.2) is 60.8 Å². The number of hydrogen-bond donors (Lipinski definition) is 0. The second kappa shape index (κ2) is 69.6. The van der Waals surface area contributed by atoms with Crippen molar-refractivity contribution in [1.82, 2.24) is 0 Å². The fourth-order valence-corrected chi connectivity index (χ4v) is 10.7. The summed E-state index contributed by atoms with van der Waals surface area (Å²) in [5.41, 5.74) is 0. The lowest BCUT2D eigenvalue weighted by Gasteiger charge is -2.18. The van der Waals surface area contributed by atoms with E-state index in [4.69, 9.17) is 14.2 Å². The molecule has 0 bridgehead atoms. The maximum atomic E-state index is 12.9. The van der Waals surface area contributed by atoms with Crippen LogP contribution >= 0.6 is 0 Å². The molecule has 0 saturated carbocycles. The molecule has 0 aliphatic heterocycles. The summed E-state index contributed by atoms with van der Waals surface area (Å²) in [6.07, 6.45) is 89.8. The van der Waals surface area contributed by atoms with Crippen molar-refractivity contribution in [3.63, 3.8) is 0 Å². The van der Waals surface area contributed by atoms with Crippen molar-refractivity contribution in [1.29, 1.82) is 0 Å². The van der Waals surface area contributed by atoms with Gasteiger partial charge in [-0.2, -0.15) is 0 Å². The predicted octanol–water partition coefficient (Wildman–Crippen LogP) is 24.7. The smallest absolute Gasteiger partial charge is 0.306 e. The van der Waals surface area contributed by atoms with Crippen molar-refractivity contribution in [2.24, 2.45) is 0 Å². The summed E-state index contributed by atoms with van der Waals surface area (Å²) in [4.78, 5) is 38.4. The normalized spacial score (nSPS) is 12.4. The third kappa shape index (κ3) is 67.8. The number of carbonyl (C=O) groups is 3. The van der Waals surface area contributed by atoms with Crippen LogP contribution in [0.3, 0.4) is 0 Å². The molecular formula is C75H136O6. The maximum Gasteiger partial charge on any atom is 0.306 e. The SMILES string of the molecule is CC/C=C\C/C=C\C/C=C\C/C=C\C/C=C\CCCCCCCCCC(=O)OC(COC(=O)CCCCCCCCCCCCC)COC(=O)CCCCCCCCCCCCCCCCCCCCCCCCCCCCCCC. The quantitative estimate of drug-likeness (QED) is 0.0261. The summed E-state index contributed by atoms with van der Waals surface area (Å²) in [5, 5.41) is 0. The molecule has 0 aliphatic carbocycles. The molecule has 0 aromatic carbocycles. The average Bonchev–Trinajstić information content (AvgIpc) is 3.47. The lowest BCUT2D eigenvalue weighted by molar-refractivity contribution is -0.167. The van der Waals surface area contributed by atoms with E-state index in [0.717, 1.165) is 96.3 Å². The van der Waals surface area contributed by atoms with Gasteiger partial charge in [-0.25, -0.2) is 0 Å². The molecule has 472 valence electrons. The van der Waals surface area contributed by atoms with E-state index in [2.05, 4.69) is 81.5 Å². The van der Waals surface area contributed by atoms with Gasteiger partial charge in [0.2, 0.25) is 0 Å². The third-order valence-corrected chi connectivity index (χ3v) is 16.0. The lowest BCUT2D eigenvalue weighted by Crippen LogP contribution is -2.30. The van der Waals surface area contributed by atoms with E-state index in [1.807, 2.05) is 0 Å². The van der Waals surface area contributed by atoms with Crippen LogP contribution in [-0.4, -0.2) is 37.2 Å². The van der Waals surface area contributed by atoms with Crippen LogP contribution in [0.5, 0.6) is 0 Å². The van der Waals surface area contributed by atoms with Crippen molar-refractivity contribution in [3.8, 4) is 0 Å². The molecule has 0 heterocycles. The zero-order valence-electron chi connectivity index (χ0n) is 54.3.